The van der Waals surface area contributed by atoms with Crippen molar-refractivity contribution in [2.24, 2.45) is 11.3 Å². The van der Waals surface area contributed by atoms with E-state index in [1.807, 2.05) is 0 Å². The van der Waals surface area contributed by atoms with Gasteiger partial charge in [0.05, 0.1) is 0 Å². The standard InChI is InChI=1S/C16H31N/c1-13-12-17(16(5,6)7)11-9-14(13)8-10-15(2,3)4/h14H,1,8-12H2,2-7H3. The van der Waals surface area contributed by atoms with Gasteiger partial charge in [0.2, 0.25) is 0 Å². The summed E-state index contributed by atoms with van der Waals surface area (Å²) in [5.74, 6) is 0.757. The molecule has 1 atom stereocenters. The van der Waals surface area contributed by atoms with Crippen LogP contribution in [-0.4, -0.2) is 23.5 Å². The maximum absolute atomic E-state index is 4.32. The molecular formula is C16H31N. The fourth-order valence-electron chi connectivity index (χ4n) is 2.50. The SMILES string of the molecule is C=C1CN(C(C)(C)C)CCC1CCC(C)(C)C. The van der Waals surface area contributed by atoms with Crippen LogP contribution in [0.25, 0.3) is 0 Å². The van der Waals surface area contributed by atoms with Crippen molar-refractivity contribution in [3.63, 3.8) is 0 Å². The quantitative estimate of drug-likeness (QED) is 0.640. The number of hydrogen-bond acceptors (Lipinski definition) is 1. The van der Waals surface area contributed by atoms with Crippen molar-refractivity contribution >= 4 is 0 Å². The average molecular weight is 237 g/mol. The van der Waals surface area contributed by atoms with E-state index in [4.69, 9.17) is 0 Å². The van der Waals surface area contributed by atoms with Crippen LogP contribution in [0.15, 0.2) is 12.2 Å². The second kappa shape index (κ2) is 5.14. The Morgan fingerprint density at radius 3 is 2.18 bits per heavy atom. The average Bonchev–Trinajstić information content (AvgIpc) is 2.12. The molecule has 1 heterocycles. The lowest BCUT2D eigenvalue weighted by molar-refractivity contribution is 0.114. The normalized spacial score (nSPS) is 24.1. The summed E-state index contributed by atoms with van der Waals surface area (Å²) in [5.41, 5.74) is 2.20. The van der Waals surface area contributed by atoms with Gasteiger partial charge in [-0.15, -0.1) is 0 Å². The van der Waals surface area contributed by atoms with Crippen molar-refractivity contribution in [1.29, 1.82) is 0 Å². The minimum Gasteiger partial charge on any atom is -0.295 e. The molecular weight excluding hydrogens is 206 g/mol. The molecule has 0 aliphatic carbocycles. The third-order valence-corrected chi connectivity index (χ3v) is 3.91. The Morgan fingerprint density at radius 2 is 1.76 bits per heavy atom. The molecule has 100 valence electrons. The number of piperidine rings is 1. The molecule has 0 bridgehead atoms. The Kier molecular flexibility index (Phi) is 4.46. The minimum absolute atomic E-state index is 0.290. The Hall–Kier alpha value is -0.300. The van der Waals surface area contributed by atoms with Gasteiger partial charge in [0.1, 0.15) is 0 Å². The van der Waals surface area contributed by atoms with E-state index in [2.05, 4.69) is 53.0 Å². The molecule has 1 aliphatic rings. The van der Waals surface area contributed by atoms with Crippen molar-refractivity contribution < 1.29 is 0 Å². The molecule has 17 heavy (non-hydrogen) atoms. The lowest BCUT2D eigenvalue weighted by atomic mass is 9.81. The number of rotatable bonds is 2. The number of likely N-dealkylation sites (tertiary alicyclic amines) is 1. The molecule has 0 N–H and O–H groups in total. The van der Waals surface area contributed by atoms with Crippen LogP contribution < -0.4 is 0 Å². The lowest BCUT2D eigenvalue weighted by Gasteiger charge is -2.42. The van der Waals surface area contributed by atoms with Gasteiger partial charge in [-0.25, -0.2) is 0 Å². The lowest BCUT2D eigenvalue weighted by Crippen LogP contribution is -2.47. The van der Waals surface area contributed by atoms with E-state index in [0.29, 0.717) is 5.41 Å². The van der Waals surface area contributed by atoms with E-state index >= 15 is 0 Å². The number of nitrogens with zero attached hydrogens (tertiary/aromatic N) is 1. The summed E-state index contributed by atoms with van der Waals surface area (Å²) in [4.78, 5) is 2.56. The molecule has 1 fully saturated rings. The molecule has 0 aromatic carbocycles. The highest BCUT2D eigenvalue weighted by molar-refractivity contribution is 5.08. The van der Waals surface area contributed by atoms with Crippen LogP contribution in [-0.2, 0) is 0 Å². The Bertz CT molecular complexity index is 264. The Labute approximate surface area is 108 Å². The fraction of sp³-hybridized carbons (Fsp3) is 0.875. The second-order valence-electron chi connectivity index (χ2n) is 7.84. The van der Waals surface area contributed by atoms with Gasteiger partial charge in [0, 0.05) is 12.1 Å². The predicted octanol–water partition coefficient (Wildman–Crippen LogP) is 4.49. The molecule has 1 unspecified atom stereocenters. The molecule has 0 spiro atoms. The van der Waals surface area contributed by atoms with Crippen molar-refractivity contribution in [3.8, 4) is 0 Å². The van der Waals surface area contributed by atoms with Crippen molar-refractivity contribution in [2.75, 3.05) is 13.1 Å². The Balaban J connectivity index is 2.46. The molecule has 1 rings (SSSR count). The van der Waals surface area contributed by atoms with Crippen molar-refractivity contribution in [2.45, 2.75) is 66.3 Å². The van der Waals surface area contributed by atoms with Crippen LogP contribution >= 0.6 is 0 Å². The zero-order chi connectivity index (χ0) is 13.3. The van der Waals surface area contributed by atoms with Crippen LogP contribution in [0.2, 0.25) is 0 Å². The van der Waals surface area contributed by atoms with E-state index in [1.165, 1.54) is 31.4 Å². The van der Waals surface area contributed by atoms with Gasteiger partial charge in [-0.2, -0.15) is 0 Å². The summed E-state index contributed by atoms with van der Waals surface area (Å²) < 4.78 is 0. The van der Waals surface area contributed by atoms with E-state index in [0.717, 1.165) is 12.5 Å². The summed E-state index contributed by atoms with van der Waals surface area (Å²) >= 11 is 0. The maximum atomic E-state index is 4.32. The monoisotopic (exact) mass is 237 g/mol. The van der Waals surface area contributed by atoms with Crippen LogP contribution in [0, 0.1) is 11.3 Å². The van der Waals surface area contributed by atoms with Crippen LogP contribution in [0.5, 0.6) is 0 Å². The van der Waals surface area contributed by atoms with Crippen molar-refractivity contribution in [3.05, 3.63) is 12.2 Å². The second-order valence-corrected chi connectivity index (χ2v) is 7.84. The molecule has 0 radical (unpaired) electrons. The first-order chi connectivity index (χ1) is 7.59. The highest BCUT2D eigenvalue weighted by atomic mass is 15.2. The largest absolute Gasteiger partial charge is 0.295 e. The van der Waals surface area contributed by atoms with Gasteiger partial charge < -0.3 is 0 Å². The van der Waals surface area contributed by atoms with Gasteiger partial charge in [0.25, 0.3) is 0 Å². The molecule has 1 heteroatoms. The third kappa shape index (κ3) is 4.83. The zero-order valence-corrected chi connectivity index (χ0v) is 12.8. The van der Waals surface area contributed by atoms with E-state index < -0.39 is 0 Å². The summed E-state index contributed by atoms with van der Waals surface area (Å²) in [6.07, 6.45) is 3.93. The maximum Gasteiger partial charge on any atom is 0.0198 e. The molecule has 1 nitrogen and oxygen atoms in total. The highest BCUT2D eigenvalue weighted by Crippen LogP contribution is 2.33. The highest BCUT2D eigenvalue weighted by Gasteiger charge is 2.29. The van der Waals surface area contributed by atoms with Crippen LogP contribution in [0.1, 0.15) is 60.8 Å². The first-order valence-corrected chi connectivity index (χ1v) is 7.02. The van der Waals surface area contributed by atoms with Gasteiger partial charge in [-0.3, -0.25) is 4.90 Å². The first-order valence-electron chi connectivity index (χ1n) is 7.02. The zero-order valence-electron chi connectivity index (χ0n) is 12.8. The smallest absolute Gasteiger partial charge is 0.0198 e. The van der Waals surface area contributed by atoms with Gasteiger partial charge in [-0.05, 0) is 57.9 Å². The summed E-state index contributed by atoms with van der Waals surface area (Å²) in [5, 5.41) is 0. The molecule has 0 aromatic heterocycles. The molecule has 0 amide bonds. The Morgan fingerprint density at radius 1 is 1.18 bits per heavy atom. The molecule has 1 aliphatic heterocycles. The van der Waals surface area contributed by atoms with E-state index in [1.54, 1.807) is 0 Å². The van der Waals surface area contributed by atoms with Gasteiger partial charge in [-0.1, -0.05) is 32.9 Å². The van der Waals surface area contributed by atoms with Gasteiger partial charge in [0.15, 0.2) is 0 Å². The van der Waals surface area contributed by atoms with Crippen LogP contribution in [0.4, 0.5) is 0 Å². The van der Waals surface area contributed by atoms with Crippen molar-refractivity contribution in [1.82, 2.24) is 4.90 Å². The van der Waals surface area contributed by atoms with Gasteiger partial charge >= 0.3 is 0 Å². The number of hydrogen-bond donors (Lipinski definition) is 0. The third-order valence-electron chi connectivity index (χ3n) is 3.91. The van der Waals surface area contributed by atoms with E-state index in [9.17, 15) is 0 Å². The first kappa shape index (κ1) is 14.8. The minimum atomic E-state index is 0.290. The molecule has 0 saturated carbocycles. The molecule has 0 aromatic rings. The topological polar surface area (TPSA) is 3.24 Å². The summed E-state index contributed by atoms with van der Waals surface area (Å²) in [6.45, 7) is 20.6. The summed E-state index contributed by atoms with van der Waals surface area (Å²) in [7, 11) is 0. The van der Waals surface area contributed by atoms with Crippen LogP contribution in [0.3, 0.4) is 0 Å². The summed E-state index contributed by atoms with van der Waals surface area (Å²) in [6, 6.07) is 0. The predicted molar refractivity (Wildman–Crippen MR) is 77.3 cm³/mol. The molecule has 1 saturated heterocycles. The fourth-order valence-corrected chi connectivity index (χ4v) is 2.50. The van der Waals surface area contributed by atoms with E-state index in [-0.39, 0.29) is 5.54 Å².